The molecule has 2 N–H and O–H groups in total. The van der Waals surface area contributed by atoms with Gasteiger partial charge in [-0.1, -0.05) is 13.8 Å². The first-order valence-corrected chi connectivity index (χ1v) is 5.19. The van der Waals surface area contributed by atoms with Crippen molar-refractivity contribution in [1.82, 2.24) is 4.90 Å². The second kappa shape index (κ2) is 4.88. The Bertz CT molecular complexity index is 388. The summed E-state index contributed by atoms with van der Waals surface area (Å²) in [5, 5.41) is 18.7. The minimum absolute atomic E-state index is 0.0550. The molecule has 0 atom stereocenters. The maximum Gasteiger partial charge on any atom is 0.257 e. The smallest absolute Gasteiger partial charge is 0.257 e. The van der Waals surface area contributed by atoms with Crippen LogP contribution in [0.1, 0.15) is 24.2 Å². The molecule has 0 saturated carbocycles. The Morgan fingerprint density at radius 3 is 2.50 bits per heavy atom. The molecule has 0 aliphatic rings. The summed E-state index contributed by atoms with van der Waals surface area (Å²) in [4.78, 5) is 13.4. The van der Waals surface area contributed by atoms with Crippen molar-refractivity contribution in [2.24, 2.45) is 5.92 Å². The maximum atomic E-state index is 11.9. The molecule has 0 unspecified atom stereocenters. The van der Waals surface area contributed by atoms with Crippen LogP contribution in [0.15, 0.2) is 18.2 Å². The van der Waals surface area contributed by atoms with Gasteiger partial charge in [0.05, 0.1) is 5.56 Å². The van der Waals surface area contributed by atoms with Crippen LogP contribution >= 0.6 is 0 Å². The number of aromatic hydroxyl groups is 2. The molecule has 0 aromatic heterocycles. The number of benzene rings is 1. The Morgan fingerprint density at radius 2 is 2.00 bits per heavy atom. The predicted octanol–water partition coefficient (Wildman–Crippen LogP) is 1.83. The lowest BCUT2D eigenvalue weighted by Crippen LogP contribution is -2.30. The number of carbonyl (C=O) groups is 1. The van der Waals surface area contributed by atoms with E-state index in [9.17, 15) is 9.90 Å². The first-order valence-electron chi connectivity index (χ1n) is 5.19. The quantitative estimate of drug-likeness (QED) is 0.821. The number of phenols is 2. The zero-order chi connectivity index (χ0) is 12.3. The molecule has 0 spiro atoms. The topological polar surface area (TPSA) is 60.8 Å². The Labute approximate surface area is 95.1 Å². The van der Waals surface area contributed by atoms with Crippen LogP contribution in [-0.4, -0.2) is 34.6 Å². The van der Waals surface area contributed by atoms with E-state index in [1.54, 1.807) is 11.9 Å². The monoisotopic (exact) mass is 223 g/mol. The van der Waals surface area contributed by atoms with E-state index in [1.165, 1.54) is 12.1 Å². The third-order valence-electron chi connectivity index (χ3n) is 2.20. The van der Waals surface area contributed by atoms with Gasteiger partial charge < -0.3 is 15.1 Å². The highest BCUT2D eigenvalue weighted by molar-refractivity contribution is 5.96. The molecular weight excluding hydrogens is 206 g/mol. The fourth-order valence-electron chi connectivity index (χ4n) is 1.54. The van der Waals surface area contributed by atoms with Crippen molar-refractivity contribution < 1.29 is 15.0 Å². The second-order valence-corrected chi connectivity index (χ2v) is 4.28. The van der Waals surface area contributed by atoms with E-state index in [0.717, 1.165) is 6.07 Å². The summed E-state index contributed by atoms with van der Waals surface area (Å²) in [6.45, 7) is 4.65. The molecule has 0 fully saturated rings. The third kappa shape index (κ3) is 2.89. The number of nitrogens with zero attached hydrogens (tertiary/aromatic N) is 1. The largest absolute Gasteiger partial charge is 0.508 e. The number of rotatable bonds is 3. The molecular formula is C12H17NO3. The minimum atomic E-state index is -0.244. The Hall–Kier alpha value is -1.71. The van der Waals surface area contributed by atoms with Gasteiger partial charge >= 0.3 is 0 Å². The van der Waals surface area contributed by atoms with E-state index >= 15 is 0 Å². The molecule has 0 aliphatic heterocycles. The first-order chi connectivity index (χ1) is 7.41. The van der Waals surface area contributed by atoms with E-state index in [1.807, 2.05) is 13.8 Å². The number of amides is 1. The molecule has 0 radical (unpaired) electrons. The van der Waals surface area contributed by atoms with E-state index in [2.05, 4.69) is 0 Å². The van der Waals surface area contributed by atoms with Gasteiger partial charge in [-0.05, 0) is 18.1 Å². The average molecular weight is 223 g/mol. The van der Waals surface area contributed by atoms with Gasteiger partial charge in [0.25, 0.3) is 5.91 Å². The molecule has 1 amide bonds. The van der Waals surface area contributed by atoms with Crippen LogP contribution in [0.25, 0.3) is 0 Å². The summed E-state index contributed by atoms with van der Waals surface area (Å²) in [5.41, 5.74) is 0.209. The fraction of sp³-hybridized carbons (Fsp3) is 0.417. The Balaban J connectivity index is 2.88. The van der Waals surface area contributed by atoms with E-state index in [4.69, 9.17) is 5.11 Å². The number of hydrogen-bond donors (Lipinski definition) is 2. The number of carbonyl (C=O) groups excluding carboxylic acids is 1. The van der Waals surface area contributed by atoms with Crippen molar-refractivity contribution in [3.05, 3.63) is 23.8 Å². The van der Waals surface area contributed by atoms with Crippen molar-refractivity contribution in [3.8, 4) is 11.5 Å². The molecule has 0 saturated heterocycles. The van der Waals surface area contributed by atoms with Gasteiger partial charge in [0, 0.05) is 19.7 Å². The lowest BCUT2D eigenvalue weighted by atomic mass is 10.1. The van der Waals surface area contributed by atoms with Gasteiger partial charge in [-0.25, -0.2) is 0 Å². The lowest BCUT2D eigenvalue weighted by molar-refractivity contribution is 0.0776. The highest BCUT2D eigenvalue weighted by atomic mass is 16.3. The zero-order valence-electron chi connectivity index (χ0n) is 9.77. The van der Waals surface area contributed by atoms with Crippen molar-refractivity contribution >= 4 is 5.91 Å². The molecule has 0 heterocycles. The number of phenolic OH excluding ortho intramolecular Hbond substituents is 2. The predicted molar refractivity (Wildman–Crippen MR) is 61.6 cm³/mol. The van der Waals surface area contributed by atoms with Gasteiger partial charge in [-0.15, -0.1) is 0 Å². The van der Waals surface area contributed by atoms with Gasteiger partial charge in [0.1, 0.15) is 11.5 Å². The molecule has 0 bridgehead atoms. The summed E-state index contributed by atoms with van der Waals surface area (Å²) in [5.74, 6) is -0.124. The molecule has 4 heteroatoms. The van der Waals surface area contributed by atoms with Crippen LogP contribution in [0.3, 0.4) is 0 Å². The maximum absolute atomic E-state index is 11.9. The van der Waals surface area contributed by atoms with Gasteiger partial charge in [-0.2, -0.15) is 0 Å². The molecule has 0 aliphatic carbocycles. The van der Waals surface area contributed by atoms with Crippen molar-refractivity contribution in [2.45, 2.75) is 13.8 Å². The molecule has 1 aromatic rings. The van der Waals surface area contributed by atoms with Crippen LogP contribution in [-0.2, 0) is 0 Å². The zero-order valence-corrected chi connectivity index (χ0v) is 9.77. The first kappa shape index (κ1) is 12.4. The Kier molecular flexibility index (Phi) is 3.77. The highest BCUT2D eigenvalue weighted by Crippen LogP contribution is 2.23. The van der Waals surface area contributed by atoms with E-state index in [-0.39, 0.29) is 23.0 Å². The molecule has 16 heavy (non-hydrogen) atoms. The lowest BCUT2D eigenvalue weighted by Gasteiger charge is -2.19. The molecule has 1 aromatic carbocycles. The second-order valence-electron chi connectivity index (χ2n) is 4.28. The standard InChI is InChI=1S/C12H17NO3/c1-8(2)7-13(3)12(16)10-5-4-9(14)6-11(10)15/h4-6,8,14-15H,7H2,1-3H3. The van der Waals surface area contributed by atoms with Crippen molar-refractivity contribution in [3.63, 3.8) is 0 Å². The molecule has 1 rings (SSSR count). The molecule has 4 nitrogen and oxygen atoms in total. The summed E-state index contributed by atoms with van der Waals surface area (Å²) < 4.78 is 0. The van der Waals surface area contributed by atoms with Crippen LogP contribution in [0.5, 0.6) is 11.5 Å². The highest BCUT2D eigenvalue weighted by Gasteiger charge is 2.16. The van der Waals surface area contributed by atoms with Crippen molar-refractivity contribution in [2.75, 3.05) is 13.6 Å². The van der Waals surface area contributed by atoms with Crippen LogP contribution in [0, 0.1) is 5.92 Å². The fourth-order valence-corrected chi connectivity index (χ4v) is 1.54. The van der Waals surface area contributed by atoms with Crippen LogP contribution < -0.4 is 0 Å². The Morgan fingerprint density at radius 1 is 1.38 bits per heavy atom. The van der Waals surface area contributed by atoms with E-state index in [0.29, 0.717) is 12.5 Å². The van der Waals surface area contributed by atoms with Crippen molar-refractivity contribution in [1.29, 1.82) is 0 Å². The van der Waals surface area contributed by atoms with Gasteiger partial charge in [-0.3, -0.25) is 4.79 Å². The van der Waals surface area contributed by atoms with Gasteiger partial charge in [0.15, 0.2) is 0 Å². The minimum Gasteiger partial charge on any atom is -0.508 e. The van der Waals surface area contributed by atoms with Crippen LogP contribution in [0.4, 0.5) is 0 Å². The third-order valence-corrected chi connectivity index (χ3v) is 2.20. The SMILES string of the molecule is CC(C)CN(C)C(=O)c1ccc(O)cc1O. The van der Waals surface area contributed by atoms with Gasteiger partial charge in [0.2, 0.25) is 0 Å². The normalized spacial score (nSPS) is 10.5. The van der Waals surface area contributed by atoms with E-state index < -0.39 is 0 Å². The number of hydrogen-bond acceptors (Lipinski definition) is 3. The summed E-state index contributed by atoms with van der Waals surface area (Å²) >= 11 is 0. The summed E-state index contributed by atoms with van der Waals surface area (Å²) in [6, 6.07) is 3.97. The summed E-state index contributed by atoms with van der Waals surface area (Å²) in [6.07, 6.45) is 0. The van der Waals surface area contributed by atoms with Crippen LogP contribution in [0.2, 0.25) is 0 Å². The average Bonchev–Trinajstić information content (AvgIpc) is 2.15. The molecule has 88 valence electrons. The summed E-state index contributed by atoms with van der Waals surface area (Å²) in [7, 11) is 1.69.